The number of benzene rings is 1. The first-order valence-electron chi connectivity index (χ1n) is 7.94. The number of thioether (sulfide) groups is 1. The Hall–Kier alpha value is -2.00. The minimum Gasteiger partial charge on any atom is -0.493 e. The first kappa shape index (κ1) is 15.9. The molecule has 0 aliphatic heterocycles. The lowest BCUT2D eigenvalue weighted by Gasteiger charge is -2.17. The Morgan fingerprint density at radius 2 is 1.96 bits per heavy atom. The molecular formula is C17H19N3O2S. The number of hydrogen-bond acceptors (Lipinski definition) is 6. The van der Waals surface area contributed by atoms with Gasteiger partial charge in [0.2, 0.25) is 5.89 Å². The molecule has 0 radical (unpaired) electrons. The van der Waals surface area contributed by atoms with Crippen molar-refractivity contribution in [2.24, 2.45) is 0 Å². The van der Waals surface area contributed by atoms with Crippen molar-refractivity contribution in [2.45, 2.75) is 43.2 Å². The van der Waals surface area contributed by atoms with Gasteiger partial charge in [0.1, 0.15) is 5.75 Å². The van der Waals surface area contributed by atoms with Crippen molar-refractivity contribution in [1.29, 1.82) is 5.26 Å². The van der Waals surface area contributed by atoms with Crippen molar-refractivity contribution < 1.29 is 9.15 Å². The van der Waals surface area contributed by atoms with Crippen LogP contribution in [-0.4, -0.2) is 22.6 Å². The second-order valence-electron chi connectivity index (χ2n) is 5.57. The molecule has 120 valence electrons. The molecule has 6 heteroatoms. The molecule has 5 nitrogen and oxygen atoms in total. The van der Waals surface area contributed by atoms with E-state index in [1.54, 1.807) is 24.3 Å². The van der Waals surface area contributed by atoms with Crippen LogP contribution >= 0.6 is 11.8 Å². The van der Waals surface area contributed by atoms with E-state index in [-0.39, 0.29) is 0 Å². The molecule has 1 aromatic heterocycles. The third-order valence-corrected chi connectivity index (χ3v) is 4.72. The van der Waals surface area contributed by atoms with Gasteiger partial charge in [-0.05, 0) is 37.1 Å². The van der Waals surface area contributed by atoms with Crippen molar-refractivity contribution in [1.82, 2.24) is 10.2 Å². The fraction of sp³-hybridized carbons (Fsp3) is 0.471. The second-order valence-corrected chi connectivity index (χ2v) is 6.62. The minimum absolute atomic E-state index is 0.445. The lowest BCUT2D eigenvalue weighted by Crippen LogP contribution is -2.04. The van der Waals surface area contributed by atoms with Gasteiger partial charge in [-0.15, -0.1) is 10.2 Å². The summed E-state index contributed by atoms with van der Waals surface area (Å²) in [5.41, 5.74) is 0.632. The fourth-order valence-corrected chi connectivity index (χ4v) is 3.29. The van der Waals surface area contributed by atoms with Crippen LogP contribution in [0.25, 0.3) is 0 Å². The van der Waals surface area contributed by atoms with Gasteiger partial charge >= 0.3 is 0 Å². The maximum absolute atomic E-state index is 8.75. The van der Waals surface area contributed by atoms with Crippen molar-refractivity contribution in [2.75, 3.05) is 12.4 Å². The van der Waals surface area contributed by atoms with Crippen LogP contribution in [0, 0.1) is 11.3 Å². The first-order valence-corrected chi connectivity index (χ1v) is 8.93. The third-order valence-electron chi connectivity index (χ3n) is 3.94. The number of rotatable bonds is 6. The van der Waals surface area contributed by atoms with Crippen LogP contribution in [0.15, 0.2) is 33.9 Å². The molecule has 1 heterocycles. The molecule has 0 spiro atoms. The van der Waals surface area contributed by atoms with Gasteiger partial charge in [0, 0.05) is 11.7 Å². The minimum atomic E-state index is 0.445. The second kappa shape index (κ2) is 8.02. The van der Waals surface area contributed by atoms with Gasteiger partial charge in [-0.25, -0.2) is 0 Å². The molecule has 23 heavy (non-hydrogen) atoms. The third kappa shape index (κ3) is 4.49. The highest BCUT2D eigenvalue weighted by atomic mass is 32.2. The topological polar surface area (TPSA) is 71.9 Å². The zero-order chi connectivity index (χ0) is 15.9. The van der Waals surface area contributed by atoms with E-state index in [9.17, 15) is 0 Å². The fourth-order valence-electron chi connectivity index (χ4n) is 2.71. The smallest absolute Gasteiger partial charge is 0.276 e. The molecule has 1 aliphatic rings. The predicted octanol–water partition coefficient (Wildman–Crippen LogP) is 4.16. The first-order chi connectivity index (χ1) is 11.3. The summed E-state index contributed by atoms with van der Waals surface area (Å²) in [5, 5.41) is 17.7. The summed E-state index contributed by atoms with van der Waals surface area (Å²) in [5.74, 6) is 2.74. The highest BCUT2D eigenvalue weighted by Crippen LogP contribution is 2.32. The van der Waals surface area contributed by atoms with Crippen LogP contribution in [-0.2, 0) is 0 Å². The highest BCUT2D eigenvalue weighted by Gasteiger charge is 2.21. The average molecular weight is 329 g/mol. The molecule has 2 aromatic rings. The van der Waals surface area contributed by atoms with E-state index in [1.165, 1.54) is 31.0 Å². The molecule has 3 rings (SSSR count). The van der Waals surface area contributed by atoms with Crippen molar-refractivity contribution in [3.05, 3.63) is 35.7 Å². The quantitative estimate of drug-likeness (QED) is 0.585. The van der Waals surface area contributed by atoms with E-state index in [2.05, 4.69) is 16.3 Å². The van der Waals surface area contributed by atoms with Crippen LogP contribution in [0.3, 0.4) is 0 Å². The SMILES string of the molecule is N#Cc1ccc(OCCSc2nnc(C3CCCCC3)o2)cc1. The molecule has 0 N–H and O–H groups in total. The van der Waals surface area contributed by atoms with E-state index in [1.807, 2.05) is 0 Å². The molecule has 0 unspecified atom stereocenters. The number of aromatic nitrogens is 2. The van der Waals surface area contributed by atoms with Gasteiger partial charge in [-0.3, -0.25) is 0 Å². The van der Waals surface area contributed by atoms with Gasteiger partial charge in [-0.1, -0.05) is 31.0 Å². The van der Waals surface area contributed by atoms with Crippen LogP contribution in [0.2, 0.25) is 0 Å². The van der Waals surface area contributed by atoms with Crippen LogP contribution in [0.1, 0.15) is 49.5 Å². The van der Waals surface area contributed by atoms with Gasteiger partial charge < -0.3 is 9.15 Å². The van der Waals surface area contributed by atoms with Crippen molar-refractivity contribution in [3.63, 3.8) is 0 Å². The van der Waals surface area contributed by atoms with Gasteiger partial charge in [0.25, 0.3) is 5.22 Å². The van der Waals surface area contributed by atoms with E-state index < -0.39 is 0 Å². The van der Waals surface area contributed by atoms with Crippen LogP contribution < -0.4 is 4.74 Å². The van der Waals surface area contributed by atoms with Crippen molar-refractivity contribution in [3.8, 4) is 11.8 Å². The summed E-state index contributed by atoms with van der Waals surface area (Å²) in [6.07, 6.45) is 6.16. The maximum atomic E-state index is 8.75. The van der Waals surface area contributed by atoms with Crippen molar-refractivity contribution >= 4 is 11.8 Å². The van der Waals surface area contributed by atoms with Crippen LogP contribution in [0.5, 0.6) is 5.75 Å². The summed E-state index contributed by atoms with van der Waals surface area (Å²) in [4.78, 5) is 0. The Kier molecular flexibility index (Phi) is 5.54. The molecule has 0 saturated heterocycles. The molecule has 0 amide bonds. The number of ether oxygens (including phenoxy) is 1. The summed E-state index contributed by atoms with van der Waals surface area (Å²) in [6, 6.07) is 9.18. The zero-order valence-electron chi connectivity index (χ0n) is 12.9. The molecule has 0 atom stereocenters. The number of nitrogens with zero attached hydrogens (tertiary/aromatic N) is 3. The Balaban J connectivity index is 1.42. The summed E-state index contributed by atoms with van der Waals surface area (Å²) >= 11 is 1.51. The molecule has 1 aromatic carbocycles. The monoisotopic (exact) mass is 329 g/mol. The maximum Gasteiger partial charge on any atom is 0.276 e. The molecule has 1 fully saturated rings. The Morgan fingerprint density at radius 1 is 1.17 bits per heavy atom. The van der Waals surface area contributed by atoms with Gasteiger partial charge in [0.05, 0.1) is 18.2 Å². The Bertz CT molecular complexity index is 657. The largest absolute Gasteiger partial charge is 0.493 e. The number of hydrogen-bond donors (Lipinski definition) is 0. The molecule has 0 bridgehead atoms. The average Bonchev–Trinajstić information content (AvgIpc) is 3.09. The van der Waals surface area contributed by atoms with Gasteiger partial charge in [-0.2, -0.15) is 5.26 Å². The van der Waals surface area contributed by atoms with Crippen LogP contribution in [0.4, 0.5) is 0 Å². The Morgan fingerprint density at radius 3 is 2.70 bits per heavy atom. The van der Waals surface area contributed by atoms with E-state index in [4.69, 9.17) is 14.4 Å². The molecular weight excluding hydrogens is 310 g/mol. The Labute approximate surface area is 140 Å². The highest BCUT2D eigenvalue weighted by molar-refractivity contribution is 7.99. The normalized spacial score (nSPS) is 15.3. The lowest BCUT2D eigenvalue weighted by atomic mass is 9.89. The summed E-state index contributed by atoms with van der Waals surface area (Å²) in [7, 11) is 0. The summed E-state index contributed by atoms with van der Waals surface area (Å²) in [6.45, 7) is 0.553. The zero-order valence-corrected chi connectivity index (χ0v) is 13.7. The number of nitriles is 1. The van der Waals surface area contributed by atoms with E-state index in [0.717, 1.165) is 30.2 Å². The molecule has 1 aliphatic carbocycles. The predicted molar refractivity (Wildman–Crippen MR) is 87.5 cm³/mol. The molecule has 1 saturated carbocycles. The standard InChI is InChI=1S/C17H19N3O2S/c18-12-13-6-8-15(9-7-13)21-10-11-23-17-20-19-16(22-17)14-4-2-1-3-5-14/h6-9,14H,1-5,10-11H2. The van der Waals surface area contributed by atoms with E-state index in [0.29, 0.717) is 23.3 Å². The van der Waals surface area contributed by atoms with Gasteiger partial charge in [0.15, 0.2) is 0 Å². The van der Waals surface area contributed by atoms with E-state index >= 15 is 0 Å². The lowest BCUT2D eigenvalue weighted by molar-refractivity contribution is 0.331. The summed E-state index contributed by atoms with van der Waals surface area (Å²) < 4.78 is 11.4.